The van der Waals surface area contributed by atoms with Crippen molar-refractivity contribution in [1.29, 1.82) is 0 Å². The molecular weight excluding hydrogens is 368 g/mol. The number of H-pyrrole nitrogens is 1. The largest absolute Gasteiger partial charge is 0.454 e. The molecule has 0 atom stereocenters. The number of carbonyl (C=O) groups is 1. The Balaban J connectivity index is 1.70. The number of fused-ring (bicyclic) bond motifs is 2. The molecule has 2 aliphatic heterocycles. The van der Waals surface area contributed by atoms with Gasteiger partial charge in [-0.2, -0.15) is 0 Å². The predicted octanol–water partition coefficient (Wildman–Crippen LogP) is 3.07. The van der Waals surface area contributed by atoms with Gasteiger partial charge in [-0.25, -0.2) is 4.98 Å². The van der Waals surface area contributed by atoms with Crippen LogP contribution in [0.3, 0.4) is 0 Å². The Morgan fingerprint density at radius 3 is 2.52 bits per heavy atom. The molecule has 0 aliphatic carbocycles. The number of anilines is 1. The second-order valence-corrected chi connectivity index (χ2v) is 7.53. The van der Waals surface area contributed by atoms with Gasteiger partial charge in [0.05, 0.1) is 30.4 Å². The average Bonchev–Trinajstić information content (AvgIpc) is 3.20. The normalized spacial score (nSPS) is 15.7. The summed E-state index contributed by atoms with van der Waals surface area (Å²) in [6.07, 6.45) is 1.81. The van der Waals surface area contributed by atoms with Crippen LogP contribution in [0.4, 0.5) is 5.69 Å². The summed E-state index contributed by atoms with van der Waals surface area (Å²) in [6, 6.07) is 9.77. The first-order valence-electron chi connectivity index (χ1n) is 9.84. The van der Waals surface area contributed by atoms with Crippen molar-refractivity contribution in [1.82, 2.24) is 0 Å². The van der Waals surface area contributed by atoms with E-state index in [1.807, 2.05) is 43.5 Å². The molecule has 29 heavy (non-hydrogen) atoms. The highest BCUT2D eigenvalue weighted by molar-refractivity contribution is 6.15. The summed E-state index contributed by atoms with van der Waals surface area (Å²) in [4.78, 5) is 19.0. The van der Waals surface area contributed by atoms with Crippen LogP contribution in [0.25, 0.3) is 10.9 Å². The molecule has 1 aromatic heterocycles. The Bertz CT molecular complexity index is 1120. The number of pyridine rings is 1. The summed E-state index contributed by atoms with van der Waals surface area (Å²) in [5.74, 6) is 1.43. The molecule has 0 spiro atoms. The van der Waals surface area contributed by atoms with Gasteiger partial charge in [-0.1, -0.05) is 12.1 Å². The molecule has 6 nitrogen and oxygen atoms in total. The molecule has 1 saturated heterocycles. The van der Waals surface area contributed by atoms with Gasteiger partial charge in [-0.05, 0) is 31.0 Å². The monoisotopic (exact) mass is 391 g/mol. The zero-order valence-corrected chi connectivity index (χ0v) is 16.6. The van der Waals surface area contributed by atoms with Gasteiger partial charge in [-0.15, -0.1) is 0 Å². The van der Waals surface area contributed by atoms with Crippen molar-refractivity contribution in [3.8, 4) is 11.5 Å². The quantitative estimate of drug-likeness (QED) is 0.642. The fraction of sp³-hybridized carbons (Fsp3) is 0.304. The molecule has 0 saturated carbocycles. The Morgan fingerprint density at radius 2 is 1.76 bits per heavy atom. The fourth-order valence-electron chi connectivity index (χ4n) is 3.96. The number of nitrogens with one attached hydrogen (secondary N) is 1. The minimum Gasteiger partial charge on any atom is -0.454 e. The van der Waals surface area contributed by atoms with Crippen molar-refractivity contribution >= 4 is 22.4 Å². The van der Waals surface area contributed by atoms with E-state index < -0.39 is 0 Å². The van der Waals surface area contributed by atoms with Gasteiger partial charge in [0.15, 0.2) is 17.7 Å². The van der Waals surface area contributed by atoms with E-state index in [-0.39, 0.29) is 12.6 Å². The summed E-state index contributed by atoms with van der Waals surface area (Å²) in [7, 11) is 0. The lowest BCUT2D eigenvalue weighted by Crippen LogP contribution is -2.37. The van der Waals surface area contributed by atoms with Crippen molar-refractivity contribution in [2.24, 2.45) is 0 Å². The molecule has 148 valence electrons. The lowest BCUT2D eigenvalue weighted by Gasteiger charge is -2.30. The number of carbonyl (C=O) groups excluding carboxylic acids is 1. The number of ether oxygens (including phenoxy) is 3. The third-order valence-electron chi connectivity index (χ3n) is 5.74. The van der Waals surface area contributed by atoms with Crippen molar-refractivity contribution in [2.75, 3.05) is 38.0 Å². The Hall–Kier alpha value is -3.12. The van der Waals surface area contributed by atoms with Gasteiger partial charge in [0, 0.05) is 24.7 Å². The van der Waals surface area contributed by atoms with Gasteiger partial charge in [0.1, 0.15) is 5.56 Å². The van der Waals surface area contributed by atoms with Crippen LogP contribution in [0.15, 0.2) is 36.5 Å². The van der Waals surface area contributed by atoms with Gasteiger partial charge < -0.3 is 19.1 Å². The number of aromatic nitrogens is 1. The van der Waals surface area contributed by atoms with Crippen molar-refractivity contribution in [2.45, 2.75) is 13.8 Å². The molecule has 0 unspecified atom stereocenters. The number of hydrogen-bond donors (Lipinski definition) is 0. The molecular formula is C23H23N2O4+. The lowest BCUT2D eigenvalue weighted by atomic mass is 9.97. The van der Waals surface area contributed by atoms with E-state index in [9.17, 15) is 4.79 Å². The van der Waals surface area contributed by atoms with E-state index in [4.69, 9.17) is 14.2 Å². The van der Waals surface area contributed by atoms with Gasteiger partial charge in [-0.3, -0.25) is 4.79 Å². The predicted molar refractivity (Wildman–Crippen MR) is 109 cm³/mol. The second-order valence-electron chi connectivity index (χ2n) is 7.53. The standard InChI is InChI=1S/C23H22N2O4/c1-14-3-4-16(9-15(14)2)23(26)18-12-24-19-11-21-20(28-13-29-21)10-17(19)22(18)25-5-7-27-8-6-25/h3-4,9-12H,5-8,13H2,1-2H3/p+1. The van der Waals surface area contributed by atoms with Gasteiger partial charge in [0.25, 0.3) is 0 Å². The van der Waals surface area contributed by atoms with Crippen molar-refractivity contribution in [3.05, 3.63) is 58.8 Å². The molecule has 1 fully saturated rings. The molecule has 1 N–H and O–H groups in total. The molecule has 5 rings (SSSR count). The van der Waals surface area contributed by atoms with E-state index in [0.29, 0.717) is 30.1 Å². The fourth-order valence-corrected chi connectivity index (χ4v) is 3.96. The Kier molecular flexibility index (Phi) is 4.36. The molecule has 2 aromatic carbocycles. The van der Waals surface area contributed by atoms with Crippen LogP contribution in [-0.2, 0) is 4.74 Å². The first-order chi connectivity index (χ1) is 14.1. The number of nitrogens with zero attached hydrogens (tertiary/aromatic N) is 1. The van der Waals surface area contributed by atoms with Crippen LogP contribution < -0.4 is 19.4 Å². The second kappa shape index (κ2) is 7.04. The topological polar surface area (TPSA) is 62.1 Å². The maximum absolute atomic E-state index is 13.5. The van der Waals surface area contributed by atoms with Crippen LogP contribution >= 0.6 is 0 Å². The number of aromatic amines is 1. The first-order valence-corrected chi connectivity index (χ1v) is 9.84. The molecule has 2 aliphatic rings. The summed E-state index contributed by atoms with van der Waals surface area (Å²) in [6.45, 7) is 7.05. The van der Waals surface area contributed by atoms with E-state index in [2.05, 4.69) is 16.8 Å². The van der Waals surface area contributed by atoms with E-state index in [0.717, 1.165) is 41.0 Å². The molecule has 0 bridgehead atoms. The lowest BCUT2D eigenvalue weighted by molar-refractivity contribution is -0.344. The maximum atomic E-state index is 13.5. The zero-order valence-electron chi connectivity index (χ0n) is 16.6. The third-order valence-corrected chi connectivity index (χ3v) is 5.74. The highest BCUT2D eigenvalue weighted by Crippen LogP contribution is 2.39. The highest BCUT2D eigenvalue weighted by atomic mass is 16.7. The number of aryl methyl sites for hydroxylation is 2. The Labute approximate surface area is 169 Å². The summed E-state index contributed by atoms with van der Waals surface area (Å²) in [5.41, 5.74) is 5.46. The average molecular weight is 391 g/mol. The zero-order chi connectivity index (χ0) is 20.0. The number of ketones is 1. The number of benzene rings is 2. The van der Waals surface area contributed by atoms with E-state index in [1.165, 1.54) is 5.56 Å². The third kappa shape index (κ3) is 3.09. The number of rotatable bonds is 3. The highest BCUT2D eigenvalue weighted by Gasteiger charge is 2.28. The summed E-state index contributed by atoms with van der Waals surface area (Å²) < 4.78 is 16.7. The van der Waals surface area contributed by atoms with Crippen LogP contribution in [-0.4, -0.2) is 38.9 Å². The van der Waals surface area contributed by atoms with Crippen molar-refractivity contribution in [3.63, 3.8) is 0 Å². The minimum absolute atomic E-state index is 0.00501. The minimum atomic E-state index is 0.00501. The number of morpholine rings is 1. The van der Waals surface area contributed by atoms with Crippen molar-refractivity contribution < 1.29 is 24.0 Å². The smallest absolute Gasteiger partial charge is 0.231 e. The molecule has 0 amide bonds. The summed E-state index contributed by atoms with van der Waals surface area (Å²) in [5, 5.41) is 0.950. The molecule has 3 aromatic rings. The van der Waals surface area contributed by atoms with Crippen LogP contribution in [0, 0.1) is 13.8 Å². The van der Waals surface area contributed by atoms with E-state index >= 15 is 0 Å². The SMILES string of the molecule is Cc1ccc(C(=O)c2c[nH+]c3cc4c(cc3c2N2CCOCC2)OCO4)cc1C. The van der Waals surface area contributed by atoms with Gasteiger partial charge >= 0.3 is 0 Å². The molecule has 6 heteroatoms. The van der Waals surface area contributed by atoms with Gasteiger partial charge in [0.2, 0.25) is 18.1 Å². The van der Waals surface area contributed by atoms with E-state index in [1.54, 1.807) is 0 Å². The summed E-state index contributed by atoms with van der Waals surface area (Å²) >= 11 is 0. The van der Waals surface area contributed by atoms with Crippen LogP contribution in [0.2, 0.25) is 0 Å². The van der Waals surface area contributed by atoms with Crippen LogP contribution in [0.5, 0.6) is 11.5 Å². The molecule has 3 heterocycles. The maximum Gasteiger partial charge on any atom is 0.231 e. The van der Waals surface area contributed by atoms with Crippen LogP contribution in [0.1, 0.15) is 27.0 Å². The molecule has 0 radical (unpaired) electrons. The first kappa shape index (κ1) is 17.9. The number of hydrogen-bond acceptors (Lipinski definition) is 5. The Morgan fingerprint density at radius 1 is 1.00 bits per heavy atom.